The van der Waals surface area contributed by atoms with Crippen molar-refractivity contribution in [1.29, 1.82) is 0 Å². The molecular formula is C31H42N8O2S. The molecule has 0 saturated carbocycles. The fourth-order valence-corrected chi connectivity index (χ4v) is 7.23. The minimum atomic E-state index is -1.20. The van der Waals surface area contributed by atoms with Crippen LogP contribution < -0.4 is 14.5 Å². The van der Waals surface area contributed by atoms with Crippen LogP contribution in [0.1, 0.15) is 107 Å². The Morgan fingerprint density at radius 1 is 1.17 bits per heavy atom. The fourth-order valence-electron chi connectivity index (χ4n) is 6.40. The lowest BCUT2D eigenvalue weighted by molar-refractivity contribution is 0.0996. The van der Waals surface area contributed by atoms with E-state index in [0.717, 1.165) is 73.1 Å². The Labute approximate surface area is 251 Å². The van der Waals surface area contributed by atoms with Crippen molar-refractivity contribution in [3.63, 3.8) is 0 Å². The van der Waals surface area contributed by atoms with Gasteiger partial charge >= 0.3 is 0 Å². The summed E-state index contributed by atoms with van der Waals surface area (Å²) in [6.45, 7) is 14.2. The van der Waals surface area contributed by atoms with Crippen LogP contribution in [0.25, 0.3) is 11.5 Å². The molecule has 2 unspecified atom stereocenters. The molecule has 0 aliphatic carbocycles. The van der Waals surface area contributed by atoms with Crippen molar-refractivity contribution in [2.24, 2.45) is 0 Å². The number of nitrogens with one attached hydrogen (secondary N) is 1. The van der Waals surface area contributed by atoms with E-state index in [2.05, 4.69) is 45.2 Å². The third-order valence-corrected chi connectivity index (χ3v) is 10.4. The zero-order valence-electron chi connectivity index (χ0n) is 25.6. The van der Waals surface area contributed by atoms with Crippen LogP contribution in [0.5, 0.6) is 0 Å². The molecular weight excluding hydrogens is 548 g/mol. The molecule has 1 amide bonds. The molecule has 6 heterocycles. The summed E-state index contributed by atoms with van der Waals surface area (Å²) in [5.41, 5.74) is 3.21. The Morgan fingerprint density at radius 3 is 2.69 bits per heavy atom. The number of hydrogen-bond acceptors (Lipinski definition) is 8. The van der Waals surface area contributed by atoms with Gasteiger partial charge in [0.05, 0.1) is 17.8 Å². The van der Waals surface area contributed by atoms with Gasteiger partial charge < -0.3 is 14.0 Å². The lowest BCUT2D eigenvalue weighted by atomic mass is 9.99. The Balaban J connectivity index is 1.34. The molecule has 224 valence electrons. The number of amides is 1. The number of aryl methyl sites for hydroxylation is 1. The number of nitrogens with zero attached hydrogens (tertiary/aromatic N) is 7. The van der Waals surface area contributed by atoms with E-state index in [-0.39, 0.29) is 16.6 Å². The van der Waals surface area contributed by atoms with Crippen LogP contribution in [-0.2, 0) is 24.3 Å². The SMILES string of the molecule is CC[C@H]1CCc2nnc(-c3cccc(N4Cc5c(cc(N6CCC[C@H]6C)nc5C(C)CN[S+]([O-])C(C)(C)C)C4=O)n3)n21. The van der Waals surface area contributed by atoms with E-state index in [1.54, 1.807) is 4.90 Å². The third-order valence-electron chi connectivity index (χ3n) is 8.87. The van der Waals surface area contributed by atoms with Crippen LogP contribution in [0.3, 0.4) is 0 Å². The van der Waals surface area contributed by atoms with Gasteiger partial charge in [-0.1, -0.05) is 19.9 Å². The number of rotatable bonds is 8. The Hall–Kier alpha value is -3.02. The first-order chi connectivity index (χ1) is 20.1. The number of fused-ring (bicyclic) bond motifs is 2. The van der Waals surface area contributed by atoms with Crippen LogP contribution in [0, 0.1) is 0 Å². The summed E-state index contributed by atoms with van der Waals surface area (Å²) >= 11 is -1.20. The third kappa shape index (κ3) is 5.20. The molecule has 11 heteroatoms. The zero-order chi connectivity index (χ0) is 29.8. The molecule has 4 atom stereocenters. The van der Waals surface area contributed by atoms with E-state index in [1.165, 1.54) is 0 Å². The summed E-state index contributed by atoms with van der Waals surface area (Å²) < 4.78 is 17.8. The molecule has 0 radical (unpaired) electrons. The van der Waals surface area contributed by atoms with Crippen molar-refractivity contribution < 1.29 is 9.35 Å². The Morgan fingerprint density at radius 2 is 1.98 bits per heavy atom. The smallest absolute Gasteiger partial charge is 0.260 e. The number of anilines is 2. The number of carbonyl (C=O) groups is 1. The maximum absolute atomic E-state index is 14.0. The fraction of sp³-hybridized carbons (Fsp3) is 0.581. The van der Waals surface area contributed by atoms with Crippen LogP contribution in [0.4, 0.5) is 11.6 Å². The molecule has 3 aromatic rings. The summed E-state index contributed by atoms with van der Waals surface area (Å²) in [5.74, 6) is 3.10. The molecule has 6 rings (SSSR count). The predicted octanol–water partition coefficient (Wildman–Crippen LogP) is 4.94. The van der Waals surface area contributed by atoms with Gasteiger partial charge in [0.2, 0.25) is 0 Å². The van der Waals surface area contributed by atoms with Gasteiger partial charge in [-0.05, 0) is 71.6 Å². The molecule has 1 saturated heterocycles. The summed E-state index contributed by atoms with van der Waals surface area (Å²) in [4.78, 5) is 28.2. The number of carbonyl (C=O) groups excluding carboxylic acids is 1. The van der Waals surface area contributed by atoms with E-state index in [1.807, 2.05) is 45.0 Å². The van der Waals surface area contributed by atoms with Gasteiger partial charge in [-0.2, -0.15) is 0 Å². The second-order valence-electron chi connectivity index (χ2n) is 12.9. The largest absolute Gasteiger partial charge is 0.598 e. The van der Waals surface area contributed by atoms with Crippen molar-refractivity contribution in [2.75, 3.05) is 22.9 Å². The van der Waals surface area contributed by atoms with Gasteiger partial charge in [-0.15, -0.1) is 14.9 Å². The quantitative estimate of drug-likeness (QED) is 0.367. The first-order valence-electron chi connectivity index (χ1n) is 15.3. The van der Waals surface area contributed by atoms with Crippen LogP contribution in [0.15, 0.2) is 24.3 Å². The van der Waals surface area contributed by atoms with Crippen molar-refractivity contribution in [3.8, 4) is 11.5 Å². The molecule has 10 nitrogen and oxygen atoms in total. The maximum atomic E-state index is 14.0. The predicted molar refractivity (Wildman–Crippen MR) is 166 cm³/mol. The normalized spacial score (nSPS) is 21.6. The van der Waals surface area contributed by atoms with E-state index >= 15 is 0 Å². The second kappa shape index (κ2) is 11.2. The molecule has 0 spiro atoms. The molecule has 3 aromatic heterocycles. The number of aromatic nitrogens is 5. The van der Waals surface area contributed by atoms with Gasteiger partial charge in [0.15, 0.2) is 5.82 Å². The summed E-state index contributed by atoms with van der Waals surface area (Å²) in [6.07, 6.45) is 5.23. The van der Waals surface area contributed by atoms with Crippen LogP contribution in [0.2, 0.25) is 0 Å². The highest BCUT2D eigenvalue weighted by Crippen LogP contribution is 2.37. The summed E-state index contributed by atoms with van der Waals surface area (Å²) in [6, 6.07) is 8.49. The van der Waals surface area contributed by atoms with Crippen molar-refractivity contribution in [3.05, 3.63) is 46.9 Å². The first kappa shape index (κ1) is 29.1. The Bertz CT molecular complexity index is 1480. The van der Waals surface area contributed by atoms with Crippen molar-refractivity contribution in [2.45, 2.75) is 103 Å². The molecule has 0 bridgehead atoms. The highest BCUT2D eigenvalue weighted by atomic mass is 32.2. The highest BCUT2D eigenvalue weighted by molar-refractivity contribution is 7.90. The van der Waals surface area contributed by atoms with E-state index in [4.69, 9.17) is 9.97 Å². The topological polar surface area (TPSA) is 115 Å². The van der Waals surface area contributed by atoms with Crippen LogP contribution >= 0.6 is 0 Å². The van der Waals surface area contributed by atoms with Gasteiger partial charge in [0.1, 0.15) is 27.9 Å². The van der Waals surface area contributed by atoms with Gasteiger partial charge in [-0.25, -0.2) is 9.97 Å². The minimum Gasteiger partial charge on any atom is -0.598 e. The molecule has 42 heavy (non-hydrogen) atoms. The van der Waals surface area contributed by atoms with E-state index in [9.17, 15) is 9.35 Å². The van der Waals surface area contributed by atoms with Crippen molar-refractivity contribution >= 4 is 28.9 Å². The molecule has 1 N–H and O–H groups in total. The van der Waals surface area contributed by atoms with E-state index in [0.29, 0.717) is 36.6 Å². The minimum absolute atomic E-state index is 0.0421. The van der Waals surface area contributed by atoms with Gasteiger partial charge in [0, 0.05) is 54.4 Å². The first-order valence-corrected chi connectivity index (χ1v) is 16.4. The standard InChI is InChI=1S/C31H42N8O2S/c1-7-21-13-14-26-35-36-29(39(21)26)24-11-8-12-25(33-24)38-18-23-22(30(38)40)16-27(37-15-9-10-20(37)3)34-28(23)19(2)17-32-42(41)31(4,5)6/h8,11-12,16,19-21,32H,7,9-10,13-15,17-18H2,1-6H3/t19?,20-,21+,42?/m1/s1. The number of hydrogen-bond donors (Lipinski definition) is 1. The molecule has 3 aliphatic heterocycles. The van der Waals surface area contributed by atoms with Crippen molar-refractivity contribution in [1.82, 2.24) is 29.5 Å². The molecule has 1 fully saturated rings. The van der Waals surface area contributed by atoms with Gasteiger partial charge in [-0.3, -0.25) is 9.69 Å². The lowest BCUT2D eigenvalue weighted by Gasteiger charge is -2.27. The lowest BCUT2D eigenvalue weighted by Crippen LogP contribution is -2.41. The molecule has 0 aromatic carbocycles. The summed E-state index contributed by atoms with van der Waals surface area (Å²) in [5, 5.41) is 8.91. The monoisotopic (exact) mass is 590 g/mol. The van der Waals surface area contributed by atoms with E-state index < -0.39 is 11.4 Å². The maximum Gasteiger partial charge on any atom is 0.260 e. The average molecular weight is 591 g/mol. The summed E-state index contributed by atoms with van der Waals surface area (Å²) in [7, 11) is 0. The number of pyridine rings is 2. The van der Waals surface area contributed by atoms with Gasteiger partial charge in [0.25, 0.3) is 5.91 Å². The van der Waals surface area contributed by atoms with Crippen LogP contribution in [-0.4, -0.2) is 59.1 Å². The second-order valence-corrected chi connectivity index (χ2v) is 14.9. The molecule has 3 aliphatic rings. The zero-order valence-corrected chi connectivity index (χ0v) is 26.4. The average Bonchev–Trinajstić information content (AvgIpc) is 3.75. The highest BCUT2D eigenvalue weighted by Gasteiger charge is 2.37. The Kier molecular flexibility index (Phi) is 7.78.